The van der Waals surface area contributed by atoms with Crippen LogP contribution in [0.15, 0.2) is 0 Å². The molecule has 3 saturated carbocycles. The minimum absolute atomic E-state index is 0.893. The molecule has 0 heterocycles. The maximum atomic E-state index is 3.94. The molecule has 16 heavy (non-hydrogen) atoms. The predicted octanol–water partition coefficient (Wildman–Crippen LogP) is 3.88. The summed E-state index contributed by atoms with van der Waals surface area (Å²) in [6, 6.07) is 1.80. The number of hydrogen-bond donors (Lipinski definition) is 1. The van der Waals surface area contributed by atoms with E-state index in [1.54, 1.807) is 0 Å². The number of nitrogens with one attached hydrogen (secondary N) is 1. The molecule has 2 unspecified atom stereocenters. The first-order valence-corrected chi connectivity index (χ1v) is 7.69. The van der Waals surface area contributed by atoms with E-state index >= 15 is 0 Å². The van der Waals surface area contributed by atoms with Crippen molar-refractivity contribution in [2.45, 2.75) is 82.7 Å². The lowest BCUT2D eigenvalue weighted by atomic mass is 9.71. The van der Waals surface area contributed by atoms with Crippen LogP contribution in [0.5, 0.6) is 0 Å². The van der Waals surface area contributed by atoms with Crippen molar-refractivity contribution in [3.05, 3.63) is 0 Å². The lowest BCUT2D eigenvalue weighted by Crippen LogP contribution is -2.43. The van der Waals surface area contributed by atoms with Crippen molar-refractivity contribution in [1.29, 1.82) is 0 Å². The van der Waals surface area contributed by atoms with E-state index in [9.17, 15) is 0 Å². The average Bonchev–Trinajstić information content (AvgIpc) is 3.15. The van der Waals surface area contributed by atoms with Gasteiger partial charge in [-0.05, 0) is 37.5 Å². The molecule has 3 rings (SSSR count). The van der Waals surface area contributed by atoms with Gasteiger partial charge in [0.2, 0.25) is 0 Å². The van der Waals surface area contributed by atoms with Crippen molar-refractivity contribution in [3.63, 3.8) is 0 Å². The monoisotopic (exact) mass is 221 g/mol. The summed E-state index contributed by atoms with van der Waals surface area (Å²) in [6.45, 7) is 0. The highest BCUT2D eigenvalue weighted by Crippen LogP contribution is 2.39. The molecule has 3 aliphatic carbocycles. The molecule has 2 atom stereocenters. The van der Waals surface area contributed by atoms with E-state index in [4.69, 9.17) is 0 Å². The Morgan fingerprint density at radius 2 is 1.31 bits per heavy atom. The van der Waals surface area contributed by atoms with Crippen LogP contribution in [0.3, 0.4) is 0 Å². The zero-order valence-corrected chi connectivity index (χ0v) is 10.6. The van der Waals surface area contributed by atoms with Gasteiger partial charge in [-0.3, -0.25) is 0 Å². The fraction of sp³-hybridized carbons (Fsp3) is 1.00. The first-order chi connectivity index (χ1) is 7.93. The molecule has 3 aliphatic rings. The van der Waals surface area contributed by atoms with Gasteiger partial charge in [-0.1, -0.05) is 44.9 Å². The molecule has 0 spiro atoms. The van der Waals surface area contributed by atoms with Gasteiger partial charge in [-0.2, -0.15) is 0 Å². The summed E-state index contributed by atoms with van der Waals surface area (Å²) in [4.78, 5) is 0. The van der Waals surface area contributed by atoms with Gasteiger partial charge >= 0.3 is 0 Å². The Kier molecular flexibility index (Phi) is 3.51. The molecular formula is C15H27N. The molecule has 0 bridgehead atoms. The summed E-state index contributed by atoms with van der Waals surface area (Å²) in [5, 5.41) is 3.94. The minimum atomic E-state index is 0.893. The number of rotatable bonds is 3. The highest BCUT2D eigenvalue weighted by molar-refractivity contribution is 4.92. The van der Waals surface area contributed by atoms with Crippen molar-refractivity contribution in [2.75, 3.05) is 0 Å². The van der Waals surface area contributed by atoms with Crippen LogP contribution in [0.1, 0.15) is 70.6 Å². The fourth-order valence-corrected chi connectivity index (χ4v) is 4.05. The van der Waals surface area contributed by atoms with Crippen LogP contribution in [0.4, 0.5) is 0 Å². The van der Waals surface area contributed by atoms with Crippen LogP contribution in [-0.2, 0) is 0 Å². The van der Waals surface area contributed by atoms with Gasteiger partial charge < -0.3 is 5.32 Å². The summed E-state index contributed by atoms with van der Waals surface area (Å²) in [7, 11) is 0. The quantitative estimate of drug-likeness (QED) is 0.762. The summed E-state index contributed by atoms with van der Waals surface area (Å²) in [5.41, 5.74) is 0. The number of hydrogen-bond acceptors (Lipinski definition) is 1. The highest BCUT2D eigenvalue weighted by atomic mass is 15.0. The second-order valence-corrected chi connectivity index (χ2v) is 6.39. The average molecular weight is 221 g/mol. The minimum Gasteiger partial charge on any atom is -0.311 e. The van der Waals surface area contributed by atoms with E-state index in [0.717, 1.165) is 23.9 Å². The van der Waals surface area contributed by atoms with E-state index in [0.29, 0.717) is 0 Å². The van der Waals surface area contributed by atoms with Crippen molar-refractivity contribution >= 4 is 0 Å². The van der Waals surface area contributed by atoms with Gasteiger partial charge in [0.15, 0.2) is 0 Å². The molecular weight excluding hydrogens is 194 g/mol. The maximum absolute atomic E-state index is 3.94. The normalized spacial score (nSPS) is 37.5. The van der Waals surface area contributed by atoms with Crippen molar-refractivity contribution < 1.29 is 0 Å². The van der Waals surface area contributed by atoms with E-state index in [2.05, 4.69) is 5.32 Å². The Hall–Kier alpha value is -0.0400. The molecule has 0 saturated heterocycles. The van der Waals surface area contributed by atoms with Gasteiger partial charge in [0.05, 0.1) is 0 Å². The summed E-state index contributed by atoms with van der Waals surface area (Å²) >= 11 is 0. The molecule has 0 aliphatic heterocycles. The zero-order valence-electron chi connectivity index (χ0n) is 10.6. The van der Waals surface area contributed by atoms with Crippen molar-refractivity contribution in [2.24, 2.45) is 11.8 Å². The maximum Gasteiger partial charge on any atom is 0.0101 e. The van der Waals surface area contributed by atoms with Gasteiger partial charge in [0.25, 0.3) is 0 Å². The molecule has 92 valence electrons. The van der Waals surface area contributed by atoms with Crippen LogP contribution in [0.25, 0.3) is 0 Å². The second-order valence-electron chi connectivity index (χ2n) is 6.39. The van der Waals surface area contributed by atoms with E-state index < -0.39 is 0 Å². The molecule has 3 fully saturated rings. The van der Waals surface area contributed by atoms with Crippen molar-refractivity contribution in [3.8, 4) is 0 Å². The van der Waals surface area contributed by atoms with Crippen LogP contribution in [0, 0.1) is 11.8 Å². The fourth-order valence-electron chi connectivity index (χ4n) is 4.05. The first kappa shape index (κ1) is 11.1. The Morgan fingerprint density at radius 1 is 0.625 bits per heavy atom. The third-order valence-corrected chi connectivity index (χ3v) is 5.10. The summed E-state index contributed by atoms with van der Waals surface area (Å²) < 4.78 is 0. The zero-order chi connectivity index (χ0) is 10.8. The van der Waals surface area contributed by atoms with Gasteiger partial charge in [-0.25, -0.2) is 0 Å². The highest BCUT2D eigenvalue weighted by Gasteiger charge is 2.35. The molecule has 0 amide bonds. The Bertz CT molecular complexity index is 215. The summed E-state index contributed by atoms with van der Waals surface area (Å²) in [6.07, 6.45) is 16.5. The predicted molar refractivity (Wildman–Crippen MR) is 68.5 cm³/mol. The SMILES string of the molecule is C1CCC(C2CCCCC2NC2CC2)CC1. The third-order valence-electron chi connectivity index (χ3n) is 5.10. The molecule has 0 aromatic carbocycles. The standard InChI is InChI=1S/C15H27N/c1-2-6-12(7-3-1)14-8-4-5-9-15(14)16-13-10-11-13/h12-16H,1-11H2. The summed E-state index contributed by atoms with van der Waals surface area (Å²) in [5.74, 6) is 2.11. The molecule has 0 radical (unpaired) electrons. The van der Waals surface area contributed by atoms with Crippen LogP contribution in [-0.4, -0.2) is 12.1 Å². The smallest absolute Gasteiger partial charge is 0.0101 e. The lowest BCUT2D eigenvalue weighted by molar-refractivity contribution is 0.149. The molecule has 1 nitrogen and oxygen atoms in total. The van der Waals surface area contributed by atoms with Crippen LogP contribution in [0.2, 0.25) is 0 Å². The van der Waals surface area contributed by atoms with Crippen molar-refractivity contribution in [1.82, 2.24) is 5.32 Å². The molecule has 1 N–H and O–H groups in total. The first-order valence-electron chi connectivity index (χ1n) is 7.69. The topological polar surface area (TPSA) is 12.0 Å². The molecule has 0 aromatic rings. The second kappa shape index (κ2) is 5.08. The molecule has 0 aromatic heterocycles. The van der Waals surface area contributed by atoms with Crippen LogP contribution >= 0.6 is 0 Å². The van der Waals surface area contributed by atoms with E-state index in [-0.39, 0.29) is 0 Å². The Labute approximate surface area is 100 Å². The van der Waals surface area contributed by atoms with Crippen LogP contribution < -0.4 is 5.32 Å². The third kappa shape index (κ3) is 2.61. The Morgan fingerprint density at radius 3 is 2.06 bits per heavy atom. The van der Waals surface area contributed by atoms with E-state index in [1.165, 1.54) is 70.6 Å². The van der Waals surface area contributed by atoms with Gasteiger partial charge in [0, 0.05) is 12.1 Å². The van der Waals surface area contributed by atoms with Gasteiger partial charge in [-0.15, -0.1) is 0 Å². The molecule has 1 heteroatoms. The largest absolute Gasteiger partial charge is 0.311 e. The van der Waals surface area contributed by atoms with E-state index in [1.807, 2.05) is 0 Å². The lowest BCUT2D eigenvalue weighted by Gasteiger charge is -2.39. The van der Waals surface area contributed by atoms with Gasteiger partial charge in [0.1, 0.15) is 0 Å². The Balaban J connectivity index is 1.59.